The minimum atomic E-state index is -1.10. The van der Waals surface area contributed by atoms with Crippen LogP contribution in [-0.2, 0) is 9.53 Å². The average molecular weight is 199 g/mol. The number of hydrogen-bond acceptors (Lipinski definition) is 4. The molecule has 0 atom stereocenters. The standard InChI is InChI=1S/C6H11NO3S.Na/c1-2-10-6(11)7-4-3-5(8)9;/h2-4H2,1H3,(H,7,11)(H,8,9);/q;+1/p-1. The summed E-state index contributed by atoms with van der Waals surface area (Å²) < 4.78 is 4.83. The molecule has 6 heteroatoms. The first-order valence-corrected chi connectivity index (χ1v) is 3.68. The van der Waals surface area contributed by atoms with Crippen LogP contribution in [0.1, 0.15) is 13.3 Å². The van der Waals surface area contributed by atoms with Crippen molar-refractivity contribution in [3.05, 3.63) is 0 Å². The van der Waals surface area contributed by atoms with E-state index < -0.39 is 5.97 Å². The number of thiocarbonyl (C=S) groups is 1. The molecule has 0 spiro atoms. The maximum atomic E-state index is 9.90. The van der Waals surface area contributed by atoms with Crippen molar-refractivity contribution in [2.75, 3.05) is 13.2 Å². The number of ether oxygens (including phenoxy) is 1. The van der Waals surface area contributed by atoms with Crippen LogP contribution in [0.15, 0.2) is 0 Å². The van der Waals surface area contributed by atoms with E-state index in [4.69, 9.17) is 4.74 Å². The largest absolute Gasteiger partial charge is 1.00 e. The number of carbonyl (C=O) groups is 1. The molecular formula is C6H10NNaO3S. The molecule has 0 aliphatic heterocycles. The van der Waals surface area contributed by atoms with Gasteiger partial charge in [-0.05, 0) is 19.1 Å². The zero-order chi connectivity index (χ0) is 8.69. The molecule has 0 heterocycles. The van der Waals surface area contributed by atoms with Gasteiger partial charge in [-0.3, -0.25) is 0 Å². The summed E-state index contributed by atoms with van der Waals surface area (Å²) in [5.74, 6) is -1.10. The Kier molecular flexibility index (Phi) is 11.3. The van der Waals surface area contributed by atoms with Crippen molar-refractivity contribution >= 4 is 23.4 Å². The predicted molar refractivity (Wildman–Crippen MR) is 41.9 cm³/mol. The van der Waals surface area contributed by atoms with Crippen molar-refractivity contribution in [1.29, 1.82) is 0 Å². The number of carboxylic acid groups (broad SMARTS) is 1. The van der Waals surface area contributed by atoms with Crippen molar-refractivity contribution in [2.45, 2.75) is 13.3 Å². The van der Waals surface area contributed by atoms with Gasteiger partial charge in [0.25, 0.3) is 5.17 Å². The molecule has 0 aliphatic rings. The molecule has 0 radical (unpaired) electrons. The molecule has 0 aliphatic carbocycles. The molecule has 0 amide bonds. The van der Waals surface area contributed by atoms with Crippen LogP contribution in [0.25, 0.3) is 0 Å². The zero-order valence-electron chi connectivity index (χ0n) is 7.25. The zero-order valence-corrected chi connectivity index (χ0v) is 10.1. The Bertz CT molecular complexity index is 154. The summed E-state index contributed by atoms with van der Waals surface area (Å²) in [6.45, 7) is 2.53. The Morgan fingerprint density at radius 2 is 2.25 bits per heavy atom. The Balaban J connectivity index is 0. The van der Waals surface area contributed by atoms with Gasteiger partial charge < -0.3 is 20.0 Å². The summed E-state index contributed by atoms with van der Waals surface area (Å²) >= 11 is 4.66. The van der Waals surface area contributed by atoms with E-state index in [1.165, 1.54) is 0 Å². The molecule has 0 bridgehead atoms. The molecule has 0 saturated carbocycles. The van der Waals surface area contributed by atoms with Crippen LogP contribution in [0.2, 0.25) is 0 Å². The van der Waals surface area contributed by atoms with Gasteiger partial charge in [0.2, 0.25) is 0 Å². The van der Waals surface area contributed by atoms with Gasteiger partial charge in [-0.1, -0.05) is 0 Å². The molecule has 0 saturated heterocycles. The third kappa shape index (κ3) is 10.2. The number of carboxylic acids is 1. The van der Waals surface area contributed by atoms with E-state index in [0.717, 1.165) is 0 Å². The van der Waals surface area contributed by atoms with E-state index >= 15 is 0 Å². The van der Waals surface area contributed by atoms with E-state index in [1.54, 1.807) is 6.92 Å². The second kappa shape index (κ2) is 9.25. The second-order valence-corrected chi connectivity index (χ2v) is 2.14. The van der Waals surface area contributed by atoms with Crippen molar-refractivity contribution in [3.63, 3.8) is 0 Å². The van der Waals surface area contributed by atoms with Gasteiger partial charge >= 0.3 is 29.6 Å². The van der Waals surface area contributed by atoms with Crippen LogP contribution in [0.5, 0.6) is 0 Å². The van der Waals surface area contributed by atoms with E-state index in [2.05, 4.69) is 17.5 Å². The van der Waals surface area contributed by atoms with E-state index in [9.17, 15) is 9.90 Å². The van der Waals surface area contributed by atoms with Crippen molar-refractivity contribution in [2.24, 2.45) is 0 Å². The summed E-state index contributed by atoms with van der Waals surface area (Å²) in [7, 11) is 0. The fourth-order valence-electron chi connectivity index (χ4n) is 0.449. The fraction of sp³-hybridized carbons (Fsp3) is 0.667. The molecule has 1 N–H and O–H groups in total. The molecule has 4 nitrogen and oxygen atoms in total. The number of carbonyl (C=O) groups excluding carboxylic acids is 1. The van der Waals surface area contributed by atoms with E-state index in [1.807, 2.05) is 0 Å². The molecule has 0 aromatic carbocycles. The molecule has 0 fully saturated rings. The quantitative estimate of drug-likeness (QED) is 0.370. The SMILES string of the molecule is CCOC(=S)NCCC(=O)[O-].[Na+]. The number of hydrogen-bond donors (Lipinski definition) is 1. The molecule has 0 aromatic heterocycles. The monoisotopic (exact) mass is 199 g/mol. The van der Waals surface area contributed by atoms with Crippen molar-refractivity contribution in [1.82, 2.24) is 5.32 Å². The summed E-state index contributed by atoms with van der Waals surface area (Å²) in [5.41, 5.74) is 0. The van der Waals surface area contributed by atoms with Crippen molar-refractivity contribution < 1.29 is 44.2 Å². The third-order valence-electron chi connectivity index (χ3n) is 0.874. The smallest absolute Gasteiger partial charge is 0.550 e. The van der Waals surface area contributed by atoms with Crippen molar-refractivity contribution in [3.8, 4) is 0 Å². The van der Waals surface area contributed by atoms with Crippen LogP contribution < -0.4 is 40.0 Å². The first-order chi connectivity index (χ1) is 5.16. The fourth-order valence-corrected chi connectivity index (χ4v) is 0.669. The Hall–Kier alpha value is 0.160. The predicted octanol–water partition coefficient (Wildman–Crippen LogP) is -3.96. The van der Waals surface area contributed by atoms with Crippen LogP contribution in [-0.4, -0.2) is 24.3 Å². The summed E-state index contributed by atoms with van der Waals surface area (Å²) in [5, 5.41) is 12.7. The van der Waals surface area contributed by atoms with Gasteiger partial charge in [0, 0.05) is 18.9 Å². The molecule has 12 heavy (non-hydrogen) atoms. The molecular weight excluding hydrogens is 189 g/mol. The van der Waals surface area contributed by atoms with Crippen LogP contribution in [0.4, 0.5) is 0 Å². The minimum absolute atomic E-state index is 0. The third-order valence-corrected chi connectivity index (χ3v) is 1.14. The Labute approximate surface area is 99.0 Å². The van der Waals surface area contributed by atoms with Crippen LogP contribution in [0.3, 0.4) is 0 Å². The van der Waals surface area contributed by atoms with Gasteiger partial charge in [0.15, 0.2) is 0 Å². The maximum Gasteiger partial charge on any atom is 1.00 e. The molecule has 0 aromatic rings. The van der Waals surface area contributed by atoms with Gasteiger partial charge in [-0.25, -0.2) is 0 Å². The number of rotatable bonds is 4. The summed E-state index contributed by atoms with van der Waals surface area (Å²) in [6, 6.07) is 0. The first kappa shape index (κ1) is 14.7. The van der Waals surface area contributed by atoms with Gasteiger partial charge in [-0.15, -0.1) is 0 Å². The van der Waals surface area contributed by atoms with Gasteiger partial charge in [0.1, 0.15) is 0 Å². The number of nitrogens with one attached hydrogen (secondary N) is 1. The summed E-state index contributed by atoms with van der Waals surface area (Å²) in [6.07, 6.45) is -0.0623. The topological polar surface area (TPSA) is 61.4 Å². The van der Waals surface area contributed by atoms with Gasteiger partial charge in [0.05, 0.1) is 6.61 Å². The number of aliphatic carboxylic acids is 1. The van der Waals surface area contributed by atoms with Crippen LogP contribution >= 0.6 is 12.2 Å². The first-order valence-electron chi connectivity index (χ1n) is 3.27. The normalized spacial score (nSPS) is 8.08. The van der Waals surface area contributed by atoms with Crippen LogP contribution in [0, 0.1) is 0 Å². The molecule has 64 valence electrons. The Morgan fingerprint density at radius 1 is 1.67 bits per heavy atom. The summed E-state index contributed by atoms with van der Waals surface area (Å²) in [4.78, 5) is 9.90. The molecule has 0 unspecified atom stereocenters. The minimum Gasteiger partial charge on any atom is -0.550 e. The van der Waals surface area contributed by atoms with Gasteiger partial charge in [-0.2, -0.15) is 0 Å². The average Bonchev–Trinajstić information content (AvgIpc) is 1.87. The maximum absolute atomic E-state index is 9.90. The van der Waals surface area contributed by atoms with E-state index in [0.29, 0.717) is 6.61 Å². The second-order valence-electron chi connectivity index (χ2n) is 1.77. The molecule has 0 rings (SSSR count). The Morgan fingerprint density at radius 3 is 2.67 bits per heavy atom. The van der Waals surface area contributed by atoms with E-state index in [-0.39, 0.29) is 47.7 Å².